The van der Waals surface area contributed by atoms with Crippen molar-refractivity contribution >= 4 is 12.2 Å². The van der Waals surface area contributed by atoms with Crippen molar-refractivity contribution in [1.82, 2.24) is 10.2 Å². The second-order valence-corrected chi connectivity index (χ2v) is 8.89. The zero-order chi connectivity index (χ0) is 20.1. The van der Waals surface area contributed by atoms with E-state index in [-0.39, 0.29) is 24.3 Å². The number of carbonyl (C=O) groups excluding carboxylic acids is 2. The molecule has 3 rings (SSSR count). The predicted octanol–water partition coefficient (Wildman–Crippen LogP) is 4.48. The molecule has 2 heterocycles. The van der Waals surface area contributed by atoms with Gasteiger partial charge in [-0.1, -0.05) is 30.3 Å². The van der Waals surface area contributed by atoms with Crippen LogP contribution in [-0.4, -0.2) is 41.3 Å². The Balaban J connectivity index is 1.42. The van der Waals surface area contributed by atoms with Crippen molar-refractivity contribution in [3.63, 3.8) is 0 Å². The van der Waals surface area contributed by atoms with Gasteiger partial charge in [0.1, 0.15) is 12.2 Å². The number of rotatable bonds is 5. The van der Waals surface area contributed by atoms with E-state index in [1.807, 2.05) is 56.0 Å². The molecule has 28 heavy (non-hydrogen) atoms. The molecule has 0 spiro atoms. The number of benzene rings is 1. The summed E-state index contributed by atoms with van der Waals surface area (Å²) in [4.78, 5) is 26.3. The predicted molar refractivity (Wildman–Crippen MR) is 107 cm³/mol. The van der Waals surface area contributed by atoms with Crippen LogP contribution in [0.5, 0.6) is 0 Å². The maximum atomic E-state index is 12.6. The molecule has 1 aromatic rings. The van der Waals surface area contributed by atoms with E-state index in [2.05, 4.69) is 5.32 Å². The molecule has 1 aromatic carbocycles. The average molecular weight is 389 g/mol. The Kier molecular flexibility index (Phi) is 6.47. The van der Waals surface area contributed by atoms with E-state index in [9.17, 15) is 9.59 Å². The van der Waals surface area contributed by atoms with Crippen molar-refractivity contribution in [1.29, 1.82) is 0 Å². The Bertz CT molecular complexity index is 657. The molecule has 0 aliphatic carbocycles. The first-order valence-corrected chi connectivity index (χ1v) is 10.3. The van der Waals surface area contributed by atoms with Crippen LogP contribution in [0.3, 0.4) is 0 Å². The van der Waals surface area contributed by atoms with Crippen LogP contribution in [-0.2, 0) is 16.1 Å². The number of ether oxygens (including phenoxy) is 2. The molecule has 2 unspecified atom stereocenters. The zero-order valence-electron chi connectivity index (χ0n) is 17.1. The van der Waals surface area contributed by atoms with E-state index in [1.165, 1.54) is 0 Å². The van der Waals surface area contributed by atoms with Crippen LogP contribution in [0.25, 0.3) is 0 Å². The highest BCUT2D eigenvalue weighted by Crippen LogP contribution is 2.40. The van der Waals surface area contributed by atoms with E-state index in [0.29, 0.717) is 19.1 Å². The Hall–Kier alpha value is -2.24. The van der Waals surface area contributed by atoms with E-state index in [0.717, 1.165) is 37.7 Å². The molecule has 2 bridgehead atoms. The molecule has 2 aliphatic heterocycles. The number of alkyl carbamates (subject to hydrolysis) is 1. The third-order valence-electron chi connectivity index (χ3n) is 5.47. The second-order valence-electron chi connectivity index (χ2n) is 8.89. The Morgan fingerprint density at radius 2 is 1.75 bits per heavy atom. The van der Waals surface area contributed by atoms with Crippen LogP contribution >= 0.6 is 0 Å². The summed E-state index contributed by atoms with van der Waals surface area (Å²) in [5.41, 5.74) is 0.528. The van der Waals surface area contributed by atoms with E-state index < -0.39 is 5.60 Å². The normalized spacial score (nSPS) is 24.0. The number of nitrogens with one attached hydrogen (secondary N) is 1. The van der Waals surface area contributed by atoms with Gasteiger partial charge in [-0.05, 0) is 64.4 Å². The number of amides is 2. The number of piperidine rings is 1. The van der Waals surface area contributed by atoms with Gasteiger partial charge in [0.05, 0.1) is 0 Å². The SMILES string of the molecule is CC(C)(C)OC(=O)NCCC1CC2CCC(C1)N2C(=O)OCc1ccccc1. The number of nitrogens with zero attached hydrogens (tertiary/aromatic N) is 1. The van der Waals surface area contributed by atoms with Crippen molar-refractivity contribution in [2.45, 2.75) is 77.2 Å². The third kappa shape index (κ3) is 5.63. The molecule has 2 aliphatic rings. The second kappa shape index (κ2) is 8.84. The first-order chi connectivity index (χ1) is 13.3. The van der Waals surface area contributed by atoms with Crippen LogP contribution in [0.1, 0.15) is 58.4 Å². The van der Waals surface area contributed by atoms with Gasteiger partial charge in [-0.25, -0.2) is 9.59 Å². The maximum Gasteiger partial charge on any atom is 0.410 e. The molecule has 2 atom stereocenters. The molecule has 154 valence electrons. The van der Waals surface area contributed by atoms with Gasteiger partial charge < -0.3 is 19.7 Å². The first-order valence-electron chi connectivity index (χ1n) is 10.3. The minimum absolute atomic E-state index is 0.193. The number of hydrogen-bond acceptors (Lipinski definition) is 4. The minimum Gasteiger partial charge on any atom is -0.445 e. The molecule has 0 aromatic heterocycles. The lowest BCUT2D eigenvalue weighted by molar-refractivity contribution is 0.0487. The highest BCUT2D eigenvalue weighted by molar-refractivity contribution is 5.69. The number of carbonyl (C=O) groups is 2. The Morgan fingerprint density at radius 3 is 2.36 bits per heavy atom. The molecular weight excluding hydrogens is 356 g/mol. The fourth-order valence-corrected chi connectivity index (χ4v) is 4.31. The van der Waals surface area contributed by atoms with Gasteiger partial charge in [0.15, 0.2) is 0 Å². The average Bonchev–Trinajstić information content (AvgIpc) is 2.90. The summed E-state index contributed by atoms with van der Waals surface area (Å²) < 4.78 is 10.8. The van der Waals surface area contributed by atoms with Gasteiger partial charge >= 0.3 is 12.2 Å². The van der Waals surface area contributed by atoms with E-state index in [4.69, 9.17) is 9.47 Å². The topological polar surface area (TPSA) is 67.9 Å². The lowest BCUT2D eigenvalue weighted by Crippen LogP contribution is -2.47. The molecule has 2 saturated heterocycles. The summed E-state index contributed by atoms with van der Waals surface area (Å²) in [6.07, 6.45) is 4.40. The fourth-order valence-electron chi connectivity index (χ4n) is 4.31. The van der Waals surface area contributed by atoms with Gasteiger partial charge in [-0.15, -0.1) is 0 Å². The molecule has 2 fully saturated rings. The van der Waals surface area contributed by atoms with Gasteiger partial charge in [0.25, 0.3) is 0 Å². The summed E-state index contributed by atoms with van der Waals surface area (Å²) in [5.74, 6) is 0.519. The van der Waals surface area contributed by atoms with Crippen LogP contribution < -0.4 is 5.32 Å². The lowest BCUT2D eigenvalue weighted by Gasteiger charge is -2.38. The van der Waals surface area contributed by atoms with Crippen molar-refractivity contribution in [2.75, 3.05) is 6.54 Å². The Morgan fingerprint density at radius 1 is 1.11 bits per heavy atom. The highest BCUT2D eigenvalue weighted by atomic mass is 16.6. The minimum atomic E-state index is -0.478. The Labute approximate surface area is 167 Å². The molecule has 2 amide bonds. The molecule has 6 heteroatoms. The van der Waals surface area contributed by atoms with Crippen LogP contribution in [0, 0.1) is 5.92 Å². The first kappa shape index (κ1) is 20.5. The number of fused-ring (bicyclic) bond motifs is 2. The summed E-state index contributed by atoms with van der Waals surface area (Å²) in [6.45, 7) is 6.50. The zero-order valence-corrected chi connectivity index (χ0v) is 17.1. The maximum absolute atomic E-state index is 12.6. The van der Waals surface area contributed by atoms with Gasteiger partial charge in [0.2, 0.25) is 0 Å². The smallest absolute Gasteiger partial charge is 0.410 e. The molecule has 1 N–H and O–H groups in total. The van der Waals surface area contributed by atoms with Gasteiger partial charge in [-0.3, -0.25) is 0 Å². The summed E-state index contributed by atoms with van der Waals surface area (Å²) in [5, 5.41) is 2.84. The van der Waals surface area contributed by atoms with Crippen LogP contribution in [0.15, 0.2) is 30.3 Å². The molecule has 6 nitrogen and oxygen atoms in total. The van der Waals surface area contributed by atoms with Gasteiger partial charge in [0, 0.05) is 18.6 Å². The van der Waals surface area contributed by atoms with Crippen LogP contribution in [0.2, 0.25) is 0 Å². The molecule has 0 saturated carbocycles. The van der Waals surface area contributed by atoms with Crippen molar-refractivity contribution in [3.05, 3.63) is 35.9 Å². The monoisotopic (exact) mass is 388 g/mol. The summed E-state index contributed by atoms with van der Waals surface area (Å²) >= 11 is 0. The third-order valence-corrected chi connectivity index (χ3v) is 5.47. The fraction of sp³-hybridized carbons (Fsp3) is 0.636. The molecular formula is C22H32N2O4. The number of hydrogen-bond donors (Lipinski definition) is 1. The largest absolute Gasteiger partial charge is 0.445 e. The van der Waals surface area contributed by atoms with Crippen molar-refractivity contribution < 1.29 is 19.1 Å². The van der Waals surface area contributed by atoms with Crippen LogP contribution in [0.4, 0.5) is 9.59 Å². The standard InChI is InChI=1S/C22H32N2O4/c1-22(2,3)28-20(25)23-12-11-17-13-18-9-10-19(14-17)24(18)21(26)27-15-16-7-5-4-6-8-16/h4-8,17-19H,9-15H2,1-3H3,(H,23,25). The van der Waals surface area contributed by atoms with Crippen molar-refractivity contribution in [3.8, 4) is 0 Å². The quantitative estimate of drug-likeness (QED) is 0.807. The highest BCUT2D eigenvalue weighted by Gasteiger charge is 2.43. The molecule has 0 radical (unpaired) electrons. The van der Waals surface area contributed by atoms with E-state index >= 15 is 0 Å². The van der Waals surface area contributed by atoms with E-state index in [1.54, 1.807) is 0 Å². The summed E-state index contributed by atoms with van der Waals surface area (Å²) in [7, 11) is 0. The van der Waals surface area contributed by atoms with Crippen molar-refractivity contribution in [2.24, 2.45) is 5.92 Å². The summed E-state index contributed by atoms with van der Waals surface area (Å²) in [6, 6.07) is 10.3. The lowest BCUT2D eigenvalue weighted by atomic mass is 9.88. The van der Waals surface area contributed by atoms with Gasteiger partial charge in [-0.2, -0.15) is 0 Å².